The first-order valence-corrected chi connectivity index (χ1v) is 11.0. The van der Waals surface area contributed by atoms with Crippen LogP contribution >= 0.6 is 0 Å². The Morgan fingerprint density at radius 1 is 1.13 bits per heavy atom. The largest absolute Gasteiger partial charge is 0.496 e. The zero-order chi connectivity index (χ0) is 22.3. The van der Waals surface area contributed by atoms with Crippen LogP contribution in [0.3, 0.4) is 0 Å². The molecule has 1 saturated carbocycles. The molecule has 2 heterocycles. The van der Waals surface area contributed by atoms with Crippen LogP contribution < -0.4 is 10.2 Å². The monoisotopic (exact) mass is 417 g/mol. The smallest absolute Gasteiger partial charge is 0.481 e. The van der Waals surface area contributed by atoms with Gasteiger partial charge >= 0.3 is 13.1 Å². The van der Waals surface area contributed by atoms with Crippen LogP contribution in [0.25, 0.3) is 0 Å². The van der Waals surface area contributed by atoms with Crippen molar-refractivity contribution in [3.63, 3.8) is 0 Å². The number of carboxylic acid groups (broad SMARTS) is 1. The molecule has 0 amide bonds. The maximum atomic E-state index is 11.8. The van der Waals surface area contributed by atoms with E-state index in [9.17, 15) is 9.90 Å². The highest BCUT2D eigenvalue weighted by Gasteiger charge is 2.51. The summed E-state index contributed by atoms with van der Waals surface area (Å²) < 4.78 is 18.2. The lowest BCUT2D eigenvalue weighted by atomic mass is 9.68. The molecule has 0 spiro atoms. The average Bonchev–Trinajstić information content (AvgIpc) is 2.83. The van der Waals surface area contributed by atoms with E-state index in [4.69, 9.17) is 14.0 Å². The van der Waals surface area contributed by atoms with Crippen molar-refractivity contribution in [2.75, 3.05) is 0 Å². The van der Waals surface area contributed by atoms with Gasteiger partial charge in [-0.05, 0) is 70.8 Å². The van der Waals surface area contributed by atoms with Crippen LogP contribution in [-0.4, -0.2) is 40.5 Å². The molecule has 2 fully saturated rings. The van der Waals surface area contributed by atoms with E-state index in [0.29, 0.717) is 5.88 Å². The van der Waals surface area contributed by atoms with Gasteiger partial charge in [-0.1, -0.05) is 26.8 Å². The Balaban J connectivity index is 1.56. The van der Waals surface area contributed by atoms with Crippen molar-refractivity contribution in [1.29, 1.82) is 0 Å². The van der Waals surface area contributed by atoms with E-state index >= 15 is 0 Å². The number of ether oxygens (including phenoxy) is 1. The van der Waals surface area contributed by atoms with Crippen molar-refractivity contribution in [2.24, 2.45) is 17.3 Å². The summed E-state index contributed by atoms with van der Waals surface area (Å²) in [6, 6.07) is 3.80. The third kappa shape index (κ3) is 4.83. The molecule has 1 N–H and O–H groups in total. The zero-order valence-corrected chi connectivity index (χ0v) is 19.4. The molecule has 0 radical (unpaired) electrons. The van der Waals surface area contributed by atoms with Crippen LogP contribution in [0.2, 0.25) is 0 Å². The van der Waals surface area contributed by atoms with Crippen LogP contribution in [-0.2, 0) is 14.1 Å². The average molecular weight is 417 g/mol. The van der Waals surface area contributed by atoms with Crippen molar-refractivity contribution in [1.82, 2.24) is 4.98 Å². The standard InChI is InChI=1S/C23H36BNO5/c1-21(2,3)19(20(26)27)15-8-11-17(12-9-15)28-18-13-10-16(14-25-18)24-29-22(4,5)23(6,7)30-24/h10,13-15,17,19H,8-9,11-12H2,1-7H3,(H,26,27). The first-order chi connectivity index (χ1) is 13.8. The number of nitrogens with zero attached hydrogens (tertiary/aromatic N) is 1. The lowest BCUT2D eigenvalue weighted by Crippen LogP contribution is -2.41. The molecular formula is C23H36BNO5. The number of carbonyl (C=O) groups is 1. The molecule has 1 unspecified atom stereocenters. The maximum absolute atomic E-state index is 11.8. The minimum Gasteiger partial charge on any atom is -0.481 e. The molecule has 1 aromatic heterocycles. The predicted molar refractivity (Wildman–Crippen MR) is 117 cm³/mol. The number of hydrogen-bond donors (Lipinski definition) is 1. The van der Waals surface area contributed by atoms with Crippen molar-refractivity contribution in [3.05, 3.63) is 18.3 Å². The number of rotatable bonds is 5. The second-order valence-electron chi connectivity index (χ2n) is 10.9. The number of hydrogen-bond acceptors (Lipinski definition) is 5. The van der Waals surface area contributed by atoms with Gasteiger partial charge in [0, 0.05) is 11.7 Å². The number of aliphatic carboxylic acids is 1. The Hall–Kier alpha value is -1.60. The van der Waals surface area contributed by atoms with Gasteiger partial charge in [0.2, 0.25) is 5.88 Å². The summed E-state index contributed by atoms with van der Waals surface area (Å²) in [5, 5.41) is 9.68. The third-order valence-electron chi connectivity index (χ3n) is 6.96. The van der Waals surface area contributed by atoms with E-state index in [0.717, 1.165) is 31.1 Å². The van der Waals surface area contributed by atoms with Crippen LogP contribution in [0, 0.1) is 17.3 Å². The van der Waals surface area contributed by atoms with Gasteiger partial charge in [-0.15, -0.1) is 0 Å². The minimum atomic E-state index is -0.688. The molecule has 0 bridgehead atoms. The van der Waals surface area contributed by atoms with E-state index in [2.05, 4.69) is 4.98 Å². The topological polar surface area (TPSA) is 77.9 Å². The molecule has 3 rings (SSSR count). The summed E-state index contributed by atoms with van der Waals surface area (Å²) in [5.41, 5.74) is -0.132. The molecule has 0 aromatic carbocycles. The normalized spacial score (nSPS) is 27.0. The molecule has 7 heteroatoms. The van der Waals surface area contributed by atoms with Crippen LogP contribution in [0.15, 0.2) is 18.3 Å². The lowest BCUT2D eigenvalue weighted by Gasteiger charge is -2.38. The Kier molecular flexibility index (Phi) is 6.27. The van der Waals surface area contributed by atoms with Crippen molar-refractivity contribution >= 4 is 18.6 Å². The fraction of sp³-hybridized carbons (Fsp3) is 0.739. The van der Waals surface area contributed by atoms with Gasteiger partial charge in [-0.3, -0.25) is 4.79 Å². The molecule has 6 nitrogen and oxygen atoms in total. The summed E-state index contributed by atoms with van der Waals surface area (Å²) >= 11 is 0. The van der Waals surface area contributed by atoms with Gasteiger partial charge in [-0.25, -0.2) is 4.98 Å². The molecule has 1 aliphatic heterocycles. The van der Waals surface area contributed by atoms with Gasteiger partial charge in [0.25, 0.3) is 0 Å². The predicted octanol–water partition coefficient (Wildman–Crippen LogP) is 4.07. The van der Waals surface area contributed by atoms with Gasteiger partial charge < -0.3 is 19.2 Å². The number of carboxylic acids is 1. The van der Waals surface area contributed by atoms with Crippen molar-refractivity contribution in [2.45, 2.75) is 91.5 Å². The summed E-state index contributed by atoms with van der Waals surface area (Å²) in [6.45, 7) is 14.2. The first kappa shape index (κ1) is 23.1. The Labute approximate surface area is 180 Å². The quantitative estimate of drug-likeness (QED) is 0.728. The fourth-order valence-corrected chi connectivity index (χ4v) is 4.57. The van der Waals surface area contributed by atoms with E-state index in [-0.39, 0.29) is 34.6 Å². The third-order valence-corrected chi connectivity index (χ3v) is 6.96. The molecule has 166 valence electrons. The summed E-state index contributed by atoms with van der Waals surface area (Å²) in [5.74, 6) is -0.229. The van der Waals surface area contributed by atoms with E-state index in [1.165, 1.54) is 0 Å². The van der Waals surface area contributed by atoms with Crippen LogP contribution in [0.5, 0.6) is 5.88 Å². The molecule has 1 atom stereocenters. The number of pyridine rings is 1. The van der Waals surface area contributed by atoms with E-state index in [1.54, 1.807) is 6.20 Å². The fourth-order valence-electron chi connectivity index (χ4n) is 4.57. The summed E-state index contributed by atoms with van der Waals surface area (Å²) in [7, 11) is -0.433. The Morgan fingerprint density at radius 3 is 2.13 bits per heavy atom. The van der Waals surface area contributed by atoms with Gasteiger partial charge in [0.05, 0.1) is 17.1 Å². The van der Waals surface area contributed by atoms with Crippen LogP contribution in [0.1, 0.15) is 74.1 Å². The van der Waals surface area contributed by atoms with Gasteiger partial charge in [0.1, 0.15) is 6.10 Å². The molecule has 2 aliphatic rings. The van der Waals surface area contributed by atoms with Gasteiger partial charge in [-0.2, -0.15) is 0 Å². The minimum absolute atomic E-state index is 0.0749. The second kappa shape index (κ2) is 8.15. The number of aromatic nitrogens is 1. The van der Waals surface area contributed by atoms with Crippen LogP contribution in [0.4, 0.5) is 0 Å². The summed E-state index contributed by atoms with van der Waals surface area (Å²) in [6.07, 6.45) is 5.26. The molecular weight excluding hydrogens is 381 g/mol. The second-order valence-corrected chi connectivity index (χ2v) is 10.9. The first-order valence-electron chi connectivity index (χ1n) is 11.0. The maximum Gasteiger partial charge on any atom is 0.496 e. The molecule has 30 heavy (non-hydrogen) atoms. The summed E-state index contributed by atoms with van der Waals surface area (Å²) in [4.78, 5) is 16.2. The SMILES string of the molecule is CC(C)(C)C(C(=O)O)C1CCC(Oc2ccc(B3OC(C)(C)C(C)(C)O3)cn2)CC1. The highest BCUT2D eigenvalue weighted by atomic mass is 16.7. The van der Waals surface area contributed by atoms with Gasteiger partial charge in [0.15, 0.2) is 0 Å². The highest BCUT2D eigenvalue weighted by molar-refractivity contribution is 6.62. The zero-order valence-electron chi connectivity index (χ0n) is 19.4. The lowest BCUT2D eigenvalue weighted by molar-refractivity contribution is -0.149. The Morgan fingerprint density at radius 2 is 1.70 bits per heavy atom. The highest BCUT2D eigenvalue weighted by Crippen LogP contribution is 2.41. The Bertz CT molecular complexity index is 732. The molecule has 1 aromatic rings. The van der Waals surface area contributed by atoms with E-state index in [1.807, 2.05) is 60.6 Å². The van der Waals surface area contributed by atoms with E-state index < -0.39 is 13.1 Å². The molecule has 1 saturated heterocycles. The van der Waals surface area contributed by atoms with Crippen molar-refractivity contribution < 1.29 is 23.9 Å². The molecule has 1 aliphatic carbocycles. The van der Waals surface area contributed by atoms with Crippen molar-refractivity contribution in [3.8, 4) is 5.88 Å².